The van der Waals surface area contributed by atoms with Crippen molar-refractivity contribution in [3.05, 3.63) is 89.0 Å². The molecule has 2 nitrogen and oxygen atoms in total. The third-order valence-electron chi connectivity index (χ3n) is 3.75. The van der Waals surface area contributed by atoms with Crippen molar-refractivity contribution in [1.82, 2.24) is 0 Å². The fraction of sp³-hybridized carbons (Fsp3) is 0. The molecule has 0 atom stereocenters. The van der Waals surface area contributed by atoms with Gasteiger partial charge >= 0.3 is 0 Å². The Morgan fingerprint density at radius 3 is 2.48 bits per heavy atom. The van der Waals surface area contributed by atoms with E-state index in [0.29, 0.717) is 0 Å². The summed E-state index contributed by atoms with van der Waals surface area (Å²) in [5.41, 5.74) is 1.07. The van der Waals surface area contributed by atoms with Crippen LogP contribution < -0.4 is 10.6 Å². The Morgan fingerprint density at radius 2 is 1.62 bits per heavy atom. The molecule has 3 aromatic rings. The largest absolute Gasteiger partial charge is 0.290 e. The van der Waals surface area contributed by atoms with Gasteiger partial charge < -0.3 is 0 Å². The number of fused-ring (bicyclic) bond motifs is 3. The van der Waals surface area contributed by atoms with Gasteiger partial charge in [0, 0.05) is 23.5 Å². The molecule has 0 saturated carbocycles. The zero-order valence-corrected chi connectivity index (χ0v) is 11.5. The minimum atomic E-state index is 0.874. The van der Waals surface area contributed by atoms with E-state index in [2.05, 4.69) is 55.2 Å². The molecular weight excluding hydrogens is 256 g/mol. The van der Waals surface area contributed by atoms with Gasteiger partial charge in [-0.1, -0.05) is 54.6 Å². The van der Waals surface area contributed by atoms with Gasteiger partial charge in [-0.15, -0.1) is 17.1 Å². The van der Waals surface area contributed by atoms with E-state index < -0.39 is 0 Å². The van der Waals surface area contributed by atoms with E-state index in [0.717, 1.165) is 22.3 Å². The van der Waals surface area contributed by atoms with Gasteiger partial charge in [-0.25, -0.2) is 0 Å². The van der Waals surface area contributed by atoms with Gasteiger partial charge in [-0.3, -0.25) is 4.58 Å². The van der Waals surface area contributed by atoms with Crippen molar-refractivity contribution in [2.24, 2.45) is 4.99 Å². The molecule has 2 heteroatoms. The number of hydrogen-bond donors (Lipinski definition) is 0. The minimum Gasteiger partial charge on any atom is -0.290 e. The highest BCUT2D eigenvalue weighted by Gasteiger charge is 2.19. The Morgan fingerprint density at radius 1 is 0.857 bits per heavy atom. The molecule has 0 N–H and O–H groups in total. The van der Waals surface area contributed by atoms with Gasteiger partial charge in [0.1, 0.15) is 5.36 Å². The van der Waals surface area contributed by atoms with Gasteiger partial charge in [-0.2, -0.15) is 0 Å². The molecule has 1 aliphatic rings. The van der Waals surface area contributed by atoms with E-state index >= 15 is 0 Å². The predicted octanol–water partition coefficient (Wildman–Crippen LogP) is 2.46. The van der Waals surface area contributed by atoms with Crippen LogP contribution in [0.4, 0.5) is 0 Å². The molecule has 0 unspecified atom stereocenters. The van der Waals surface area contributed by atoms with Gasteiger partial charge in [0.25, 0.3) is 6.17 Å². The van der Waals surface area contributed by atoms with E-state index in [4.69, 9.17) is 4.99 Å². The lowest BCUT2D eigenvalue weighted by Gasteiger charge is -2.15. The molecule has 0 amide bonds. The molecule has 100 valence electrons. The molecule has 0 aliphatic carbocycles. The van der Waals surface area contributed by atoms with E-state index in [1.807, 2.05) is 29.0 Å². The molecule has 0 aromatic heterocycles. The monoisotopic (exact) mass is 270 g/mol. The molecule has 3 aromatic carbocycles. The van der Waals surface area contributed by atoms with Crippen LogP contribution in [0.15, 0.2) is 71.7 Å². The van der Waals surface area contributed by atoms with Crippen molar-refractivity contribution in [3.8, 4) is 0 Å². The van der Waals surface area contributed by atoms with E-state index in [1.54, 1.807) is 0 Å². The zero-order chi connectivity index (χ0) is 14.2. The van der Waals surface area contributed by atoms with Gasteiger partial charge in [0.2, 0.25) is 0 Å². The smallest absolute Gasteiger partial charge is 0.263 e. The van der Waals surface area contributed by atoms with E-state index in [-0.39, 0.29) is 0 Å². The fourth-order valence-electron chi connectivity index (χ4n) is 2.72. The summed E-state index contributed by atoms with van der Waals surface area (Å²) in [4.78, 5) is 4.87. The normalized spacial score (nSPS) is 13.5. The summed E-state index contributed by atoms with van der Waals surface area (Å²) in [6.07, 6.45) is 2.91. The zero-order valence-electron chi connectivity index (χ0n) is 11.5. The fourth-order valence-corrected chi connectivity index (χ4v) is 2.72. The maximum Gasteiger partial charge on any atom is 0.263 e. The second-order valence-corrected chi connectivity index (χ2v) is 5.12. The van der Waals surface area contributed by atoms with Crippen molar-refractivity contribution in [3.63, 3.8) is 0 Å². The third kappa shape index (κ3) is 1.93. The number of rotatable bonds is 1. The van der Waals surface area contributed by atoms with E-state index in [9.17, 15) is 0 Å². The molecule has 0 saturated heterocycles. The molecule has 4 rings (SSSR count). The Labute approximate surface area is 123 Å². The summed E-state index contributed by atoms with van der Waals surface area (Å²) in [6, 6.07) is 22.7. The lowest BCUT2D eigenvalue weighted by molar-refractivity contribution is -0.391. The molecule has 1 aliphatic heterocycles. The average Bonchev–Trinajstić information content (AvgIpc) is 2.55. The molecule has 21 heavy (non-hydrogen) atoms. The first-order valence-corrected chi connectivity index (χ1v) is 6.93. The second-order valence-electron chi connectivity index (χ2n) is 5.12. The molecule has 0 spiro atoms. The van der Waals surface area contributed by atoms with Crippen molar-refractivity contribution in [2.45, 2.75) is 0 Å². The van der Waals surface area contributed by atoms with Crippen molar-refractivity contribution < 1.29 is 4.58 Å². The first-order chi connectivity index (χ1) is 10.3. The van der Waals surface area contributed by atoms with Crippen LogP contribution in [0.2, 0.25) is 0 Å². The molecule has 0 radical (unpaired) electrons. The third-order valence-corrected chi connectivity index (χ3v) is 3.75. The molecule has 1 heterocycles. The van der Waals surface area contributed by atoms with Crippen LogP contribution in [0.3, 0.4) is 0 Å². The Kier molecular flexibility index (Phi) is 2.61. The summed E-state index contributed by atoms with van der Waals surface area (Å²) in [5.74, 6) is 0. The Bertz CT molecular complexity index is 956. The van der Waals surface area contributed by atoms with Gasteiger partial charge in [-0.05, 0) is 10.9 Å². The van der Waals surface area contributed by atoms with Crippen molar-refractivity contribution >= 4 is 23.7 Å². The number of hydrogen-bond acceptors (Lipinski definition) is 1. The number of nitrogens with zero attached hydrogens (tertiary/aromatic N) is 2. The van der Waals surface area contributed by atoms with Crippen LogP contribution in [0.25, 0.3) is 17.0 Å². The first-order valence-electron chi connectivity index (χ1n) is 6.93. The maximum atomic E-state index is 4.87. The van der Waals surface area contributed by atoms with E-state index in [1.165, 1.54) is 10.8 Å². The van der Waals surface area contributed by atoms with Crippen LogP contribution >= 0.6 is 0 Å². The second kappa shape index (κ2) is 4.60. The van der Waals surface area contributed by atoms with Crippen LogP contribution in [-0.2, 0) is 0 Å². The topological polar surface area (TPSA) is 15.4 Å². The highest BCUT2D eigenvalue weighted by molar-refractivity contribution is 5.82. The van der Waals surface area contributed by atoms with Crippen LogP contribution in [0, 0.1) is 6.17 Å². The summed E-state index contributed by atoms with van der Waals surface area (Å²) < 4.78 is 1.84. The Hall–Kier alpha value is -2.87. The highest BCUT2D eigenvalue weighted by atomic mass is 15.1. The maximum absolute atomic E-state index is 4.87. The first kappa shape index (κ1) is 11.9. The van der Waals surface area contributed by atoms with Gasteiger partial charge in [0.05, 0.1) is 0 Å². The molecular formula is C19H14N2. The lowest BCUT2D eigenvalue weighted by Crippen LogP contribution is -2.34. The molecule has 0 fully saturated rings. The lowest BCUT2D eigenvalue weighted by atomic mass is 10.1. The van der Waals surface area contributed by atoms with Crippen molar-refractivity contribution in [2.75, 3.05) is 0 Å². The summed E-state index contributed by atoms with van der Waals surface area (Å²) in [6.45, 7) is 4.08. The Balaban J connectivity index is 2.03. The van der Waals surface area contributed by atoms with Gasteiger partial charge in [0.15, 0.2) is 0 Å². The summed E-state index contributed by atoms with van der Waals surface area (Å²) in [7, 11) is 0. The molecule has 0 bridgehead atoms. The van der Waals surface area contributed by atoms with Crippen LogP contribution in [-0.4, -0.2) is 11.3 Å². The average molecular weight is 270 g/mol. The number of benzene rings is 3. The minimum absolute atomic E-state index is 0.874. The van der Waals surface area contributed by atoms with Crippen LogP contribution in [0.1, 0.15) is 5.56 Å². The quantitative estimate of drug-likeness (QED) is 0.477. The predicted molar refractivity (Wildman–Crippen MR) is 85.4 cm³/mol. The van der Waals surface area contributed by atoms with Crippen LogP contribution in [0.5, 0.6) is 0 Å². The highest BCUT2D eigenvalue weighted by Crippen LogP contribution is 2.18. The SMILES string of the molecule is C=[N+]1C=c2ccc3ccccc3c2=N[C-]1c1ccccc1. The van der Waals surface area contributed by atoms with Crippen molar-refractivity contribution in [1.29, 1.82) is 0 Å². The summed E-state index contributed by atoms with van der Waals surface area (Å²) in [5, 5.41) is 4.50. The standard InChI is InChI=1S/C19H14N2/c1-21-13-16-12-11-14-7-5-6-10-17(14)18(16)20-19(21)15-8-3-2-4-9-15/h2-13H,1H2. The summed E-state index contributed by atoms with van der Waals surface area (Å²) >= 11 is 0.